The summed E-state index contributed by atoms with van der Waals surface area (Å²) in [6, 6.07) is 14.7. The molecule has 2 aromatic carbocycles. The fourth-order valence-electron chi connectivity index (χ4n) is 3.57. The predicted octanol–water partition coefficient (Wildman–Crippen LogP) is 3.49. The van der Waals surface area contributed by atoms with Crippen LogP contribution in [0.4, 0.5) is 4.39 Å². The lowest BCUT2D eigenvalue weighted by molar-refractivity contribution is -0.160. The number of hydrogen-bond acceptors (Lipinski definition) is 4. The van der Waals surface area contributed by atoms with Crippen LogP contribution in [0.2, 0.25) is 0 Å². The Kier molecular flexibility index (Phi) is 7.39. The van der Waals surface area contributed by atoms with Gasteiger partial charge in [-0.2, -0.15) is 0 Å². The maximum Gasteiger partial charge on any atom is 0.309 e. The van der Waals surface area contributed by atoms with E-state index < -0.39 is 17.9 Å². The first kappa shape index (κ1) is 22.5. The number of hydrogen-bond donors (Lipinski definition) is 1. The van der Waals surface area contributed by atoms with Crippen molar-refractivity contribution in [2.75, 3.05) is 13.1 Å². The number of piperidine rings is 1. The number of ether oxygens (including phenoxy) is 1. The molecule has 0 radical (unpaired) electrons. The number of amides is 2. The normalized spacial score (nSPS) is 16.3. The second kappa shape index (κ2) is 10.2. The molecule has 0 bridgehead atoms. The molecule has 1 fully saturated rings. The molecule has 0 spiro atoms. The molecule has 0 saturated carbocycles. The Morgan fingerprint density at radius 3 is 2.23 bits per heavy atom. The SMILES string of the molecule is CC(OC(=O)C1CCN(C(=O)c2ccc(F)cc2)CC1)C(=O)NC(C)c1ccccc1. The lowest BCUT2D eigenvalue weighted by Crippen LogP contribution is -2.42. The summed E-state index contributed by atoms with van der Waals surface area (Å²) in [6.07, 6.45) is 0.0127. The van der Waals surface area contributed by atoms with Gasteiger partial charge in [-0.05, 0) is 56.5 Å². The smallest absolute Gasteiger partial charge is 0.309 e. The van der Waals surface area contributed by atoms with Crippen molar-refractivity contribution in [3.63, 3.8) is 0 Å². The lowest BCUT2D eigenvalue weighted by atomic mass is 9.96. The number of carbonyl (C=O) groups is 3. The molecule has 2 unspecified atom stereocenters. The number of esters is 1. The van der Waals surface area contributed by atoms with Gasteiger partial charge >= 0.3 is 5.97 Å². The molecule has 1 saturated heterocycles. The van der Waals surface area contributed by atoms with Crippen LogP contribution >= 0.6 is 0 Å². The second-order valence-corrected chi connectivity index (χ2v) is 7.79. The highest BCUT2D eigenvalue weighted by molar-refractivity contribution is 5.94. The van der Waals surface area contributed by atoms with Gasteiger partial charge in [0, 0.05) is 18.7 Å². The van der Waals surface area contributed by atoms with E-state index in [9.17, 15) is 18.8 Å². The van der Waals surface area contributed by atoms with Gasteiger partial charge in [-0.15, -0.1) is 0 Å². The molecular formula is C24H27FN2O4. The molecule has 164 valence electrons. The van der Waals surface area contributed by atoms with Crippen molar-refractivity contribution in [2.24, 2.45) is 5.92 Å². The van der Waals surface area contributed by atoms with Crippen LogP contribution in [0.25, 0.3) is 0 Å². The number of carbonyl (C=O) groups excluding carboxylic acids is 3. The molecule has 1 N–H and O–H groups in total. The van der Waals surface area contributed by atoms with E-state index in [0.29, 0.717) is 31.5 Å². The van der Waals surface area contributed by atoms with Crippen molar-refractivity contribution >= 4 is 17.8 Å². The average Bonchev–Trinajstić information content (AvgIpc) is 2.79. The molecule has 3 rings (SSSR count). The molecule has 6 nitrogen and oxygen atoms in total. The van der Waals surface area contributed by atoms with Crippen LogP contribution in [0, 0.1) is 11.7 Å². The first-order chi connectivity index (χ1) is 14.8. The van der Waals surface area contributed by atoms with E-state index in [0.717, 1.165) is 5.56 Å². The van der Waals surface area contributed by atoms with Crippen LogP contribution in [0.5, 0.6) is 0 Å². The minimum Gasteiger partial charge on any atom is -0.452 e. The van der Waals surface area contributed by atoms with Gasteiger partial charge in [-0.3, -0.25) is 14.4 Å². The third kappa shape index (κ3) is 5.90. The average molecular weight is 426 g/mol. The molecule has 7 heteroatoms. The van der Waals surface area contributed by atoms with Crippen LogP contribution in [-0.2, 0) is 14.3 Å². The monoisotopic (exact) mass is 426 g/mol. The molecule has 2 aromatic rings. The maximum atomic E-state index is 13.0. The third-order valence-electron chi connectivity index (χ3n) is 5.53. The summed E-state index contributed by atoms with van der Waals surface area (Å²) < 4.78 is 18.4. The summed E-state index contributed by atoms with van der Waals surface area (Å²) in [7, 11) is 0. The Hall–Kier alpha value is -3.22. The molecule has 0 aromatic heterocycles. The van der Waals surface area contributed by atoms with E-state index in [2.05, 4.69) is 5.32 Å². The minimum absolute atomic E-state index is 0.186. The van der Waals surface area contributed by atoms with Gasteiger partial charge in [-0.25, -0.2) is 4.39 Å². The van der Waals surface area contributed by atoms with E-state index in [1.807, 2.05) is 37.3 Å². The quantitative estimate of drug-likeness (QED) is 0.718. The van der Waals surface area contributed by atoms with E-state index in [1.54, 1.807) is 11.8 Å². The Labute approximate surface area is 181 Å². The second-order valence-electron chi connectivity index (χ2n) is 7.79. The Bertz CT molecular complexity index is 909. The zero-order valence-corrected chi connectivity index (χ0v) is 17.7. The highest BCUT2D eigenvalue weighted by atomic mass is 19.1. The summed E-state index contributed by atoms with van der Waals surface area (Å²) in [5.41, 5.74) is 1.38. The van der Waals surface area contributed by atoms with Gasteiger partial charge in [0.2, 0.25) is 0 Å². The van der Waals surface area contributed by atoms with Crippen molar-refractivity contribution < 1.29 is 23.5 Å². The molecule has 31 heavy (non-hydrogen) atoms. The van der Waals surface area contributed by atoms with E-state index >= 15 is 0 Å². The Morgan fingerprint density at radius 1 is 1.00 bits per heavy atom. The van der Waals surface area contributed by atoms with E-state index in [1.165, 1.54) is 24.3 Å². The Balaban J connectivity index is 1.46. The fourth-order valence-corrected chi connectivity index (χ4v) is 3.57. The summed E-state index contributed by atoms with van der Waals surface area (Å²) in [5, 5.41) is 2.85. The van der Waals surface area contributed by atoms with Gasteiger partial charge < -0.3 is 15.0 Å². The molecule has 1 heterocycles. The standard InChI is InChI=1S/C24H27FN2O4/c1-16(18-6-4-3-5-7-18)26-22(28)17(2)31-24(30)20-12-14-27(15-13-20)23(29)19-8-10-21(25)11-9-19/h3-11,16-17,20H,12-15H2,1-2H3,(H,26,28). The number of halogens is 1. The molecule has 2 amide bonds. The zero-order chi connectivity index (χ0) is 22.4. The number of nitrogens with zero attached hydrogens (tertiary/aromatic N) is 1. The summed E-state index contributed by atoms with van der Waals surface area (Å²) in [4.78, 5) is 39.1. The van der Waals surface area contributed by atoms with Crippen LogP contribution < -0.4 is 5.32 Å². The van der Waals surface area contributed by atoms with Crippen molar-refractivity contribution in [1.82, 2.24) is 10.2 Å². The first-order valence-electron chi connectivity index (χ1n) is 10.5. The number of rotatable bonds is 6. The predicted molar refractivity (Wildman–Crippen MR) is 114 cm³/mol. The van der Waals surface area contributed by atoms with Crippen molar-refractivity contribution in [3.05, 3.63) is 71.5 Å². The molecule has 0 aliphatic carbocycles. The number of benzene rings is 2. The van der Waals surface area contributed by atoms with Crippen LogP contribution in [-0.4, -0.2) is 41.9 Å². The van der Waals surface area contributed by atoms with Gasteiger partial charge in [0.1, 0.15) is 5.82 Å². The minimum atomic E-state index is -0.905. The zero-order valence-electron chi connectivity index (χ0n) is 17.7. The van der Waals surface area contributed by atoms with Crippen molar-refractivity contribution in [2.45, 2.75) is 38.8 Å². The van der Waals surface area contributed by atoms with Gasteiger partial charge in [0.05, 0.1) is 12.0 Å². The van der Waals surface area contributed by atoms with Crippen LogP contribution in [0.1, 0.15) is 48.7 Å². The topological polar surface area (TPSA) is 75.7 Å². The van der Waals surface area contributed by atoms with Gasteiger partial charge in [0.15, 0.2) is 6.10 Å². The lowest BCUT2D eigenvalue weighted by Gasteiger charge is -2.31. The largest absolute Gasteiger partial charge is 0.452 e. The number of nitrogens with one attached hydrogen (secondary N) is 1. The van der Waals surface area contributed by atoms with E-state index in [4.69, 9.17) is 4.74 Å². The van der Waals surface area contributed by atoms with E-state index in [-0.39, 0.29) is 23.8 Å². The first-order valence-corrected chi connectivity index (χ1v) is 10.5. The third-order valence-corrected chi connectivity index (χ3v) is 5.53. The Morgan fingerprint density at radius 2 is 1.61 bits per heavy atom. The molecule has 1 aliphatic rings. The molecule has 2 atom stereocenters. The summed E-state index contributed by atoms with van der Waals surface area (Å²) >= 11 is 0. The van der Waals surface area contributed by atoms with Crippen LogP contribution in [0.3, 0.4) is 0 Å². The van der Waals surface area contributed by atoms with Gasteiger partial charge in [0.25, 0.3) is 11.8 Å². The molecular weight excluding hydrogens is 399 g/mol. The highest BCUT2D eigenvalue weighted by Crippen LogP contribution is 2.21. The summed E-state index contributed by atoms with van der Waals surface area (Å²) in [5.74, 6) is -1.72. The van der Waals surface area contributed by atoms with Crippen LogP contribution in [0.15, 0.2) is 54.6 Å². The number of likely N-dealkylation sites (tertiary alicyclic amines) is 1. The molecule has 1 aliphatic heterocycles. The highest BCUT2D eigenvalue weighted by Gasteiger charge is 2.31. The fraction of sp³-hybridized carbons (Fsp3) is 0.375. The van der Waals surface area contributed by atoms with Crippen molar-refractivity contribution in [3.8, 4) is 0 Å². The van der Waals surface area contributed by atoms with Crippen molar-refractivity contribution in [1.29, 1.82) is 0 Å². The van der Waals surface area contributed by atoms with Gasteiger partial charge in [-0.1, -0.05) is 30.3 Å². The maximum absolute atomic E-state index is 13.0. The summed E-state index contributed by atoms with van der Waals surface area (Å²) in [6.45, 7) is 4.23.